The highest BCUT2D eigenvalue weighted by Crippen LogP contribution is 2.26. The van der Waals surface area contributed by atoms with Crippen LogP contribution in [0.5, 0.6) is 5.75 Å². The van der Waals surface area contributed by atoms with Crippen molar-refractivity contribution in [3.63, 3.8) is 0 Å². The van der Waals surface area contributed by atoms with Crippen LogP contribution < -0.4 is 10.1 Å². The van der Waals surface area contributed by atoms with Gasteiger partial charge in [-0.15, -0.1) is 10.2 Å². The number of hydrogen-bond donors (Lipinski definition) is 1. The molecule has 2 aromatic carbocycles. The molecule has 1 N–H and O–H groups in total. The van der Waals surface area contributed by atoms with E-state index in [9.17, 15) is 4.79 Å². The number of carbonyl (C=O) groups is 1. The summed E-state index contributed by atoms with van der Waals surface area (Å²) < 4.78 is 7.69. The minimum Gasteiger partial charge on any atom is -0.486 e. The van der Waals surface area contributed by atoms with Gasteiger partial charge in [-0.2, -0.15) is 0 Å². The van der Waals surface area contributed by atoms with Gasteiger partial charge in [0.15, 0.2) is 11.0 Å². The zero-order chi connectivity index (χ0) is 21.7. The number of halogens is 1. The Bertz CT molecular complexity index is 1010. The molecule has 0 saturated carbocycles. The Morgan fingerprint density at radius 3 is 2.47 bits per heavy atom. The Morgan fingerprint density at radius 1 is 1.17 bits per heavy atom. The average molecular weight is 445 g/mol. The van der Waals surface area contributed by atoms with E-state index in [0.717, 1.165) is 34.0 Å². The number of ether oxygens (including phenoxy) is 1. The SMILES string of the molecule is CCc1ccc(NC(=O)CSc2nnc(COc3cc(C)c(Cl)c(C)c3)n2C)cc1. The van der Waals surface area contributed by atoms with Gasteiger partial charge in [-0.1, -0.05) is 42.4 Å². The van der Waals surface area contributed by atoms with Crippen LogP contribution in [0.2, 0.25) is 5.02 Å². The third-order valence-electron chi connectivity index (χ3n) is 4.68. The number of anilines is 1. The summed E-state index contributed by atoms with van der Waals surface area (Å²) in [5.41, 5.74) is 3.96. The van der Waals surface area contributed by atoms with E-state index in [4.69, 9.17) is 16.3 Å². The van der Waals surface area contributed by atoms with Gasteiger partial charge in [0.2, 0.25) is 5.91 Å². The zero-order valence-electron chi connectivity index (χ0n) is 17.5. The lowest BCUT2D eigenvalue weighted by atomic mass is 10.1. The first-order valence-corrected chi connectivity index (χ1v) is 11.0. The van der Waals surface area contributed by atoms with E-state index in [0.29, 0.717) is 11.0 Å². The van der Waals surface area contributed by atoms with E-state index < -0.39 is 0 Å². The van der Waals surface area contributed by atoms with Crippen LogP contribution in [0.4, 0.5) is 5.69 Å². The highest BCUT2D eigenvalue weighted by atomic mass is 35.5. The molecule has 1 aromatic heterocycles. The van der Waals surface area contributed by atoms with E-state index in [1.165, 1.54) is 17.3 Å². The molecule has 0 radical (unpaired) electrons. The van der Waals surface area contributed by atoms with Crippen molar-refractivity contribution in [1.82, 2.24) is 14.8 Å². The normalized spacial score (nSPS) is 10.8. The van der Waals surface area contributed by atoms with Gasteiger partial charge < -0.3 is 14.6 Å². The van der Waals surface area contributed by atoms with Crippen molar-refractivity contribution in [2.24, 2.45) is 7.05 Å². The molecule has 1 heterocycles. The maximum Gasteiger partial charge on any atom is 0.234 e. The van der Waals surface area contributed by atoms with Crippen LogP contribution in [-0.4, -0.2) is 26.4 Å². The molecule has 3 rings (SSSR count). The van der Waals surface area contributed by atoms with Crippen LogP contribution in [0.1, 0.15) is 29.4 Å². The van der Waals surface area contributed by atoms with Crippen molar-refractivity contribution in [2.45, 2.75) is 39.0 Å². The standard InChI is InChI=1S/C22H25ClN4O2S/c1-5-16-6-8-17(9-7-16)24-20(28)13-30-22-26-25-19(27(22)4)12-29-18-10-14(2)21(23)15(3)11-18/h6-11H,5,12-13H2,1-4H3,(H,24,28). The summed E-state index contributed by atoms with van der Waals surface area (Å²) >= 11 is 7.54. The molecule has 3 aromatic rings. The Morgan fingerprint density at radius 2 is 1.83 bits per heavy atom. The molecule has 158 valence electrons. The number of aryl methyl sites for hydroxylation is 3. The maximum absolute atomic E-state index is 12.2. The van der Waals surface area contributed by atoms with Gasteiger partial charge in [0.25, 0.3) is 0 Å². The Hall–Kier alpha value is -2.51. The Balaban J connectivity index is 1.54. The van der Waals surface area contributed by atoms with E-state index >= 15 is 0 Å². The summed E-state index contributed by atoms with van der Waals surface area (Å²) in [6.07, 6.45) is 0.972. The highest BCUT2D eigenvalue weighted by molar-refractivity contribution is 7.99. The number of amides is 1. The first kappa shape index (κ1) is 22.2. The third-order valence-corrected chi connectivity index (χ3v) is 6.30. The number of benzene rings is 2. The molecule has 0 spiro atoms. The summed E-state index contributed by atoms with van der Waals surface area (Å²) in [6.45, 7) is 6.27. The fraction of sp³-hybridized carbons (Fsp3) is 0.318. The van der Waals surface area contributed by atoms with Crippen LogP contribution in [0.3, 0.4) is 0 Å². The van der Waals surface area contributed by atoms with E-state index in [2.05, 4.69) is 22.4 Å². The monoisotopic (exact) mass is 444 g/mol. The fourth-order valence-electron chi connectivity index (χ4n) is 2.88. The van der Waals surface area contributed by atoms with Crippen LogP contribution in [0.15, 0.2) is 41.6 Å². The molecule has 0 unspecified atom stereocenters. The fourth-order valence-corrected chi connectivity index (χ4v) is 3.72. The van der Waals surface area contributed by atoms with Gasteiger partial charge in [-0.05, 0) is 61.2 Å². The first-order valence-electron chi connectivity index (χ1n) is 9.66. The van der Waals surface area contributed by atoms with Gasteiger partial charge in [-0.3, -0.25) is 4.79 Å². The number of nitrogens with zero attached hydrogens (tertiary/aromatic N) is 3. The van der Waals surface area contributed by atoms with Crippen LogP contribution in [0.25, 0.3) is 0 Å². The van der Waals surface area contributed by atoms with Gasteiger partial charge in [-0.25, -0.2) is 0 Å². The van der Waals surface area contributed by atoms with Crippen molar-refractivity contribution in [1.29, 1.82) is 0 Å². The van der Waals surface area contributed by atoms with E-state index in [-0.39, 0.29) is 18.3 Å². The quantitative estimate of drug-likeness (QED) is 0.497. The number of aromatic nitrogens is 3. The second-order valence-electron chi connectivity index (χ2n) is 7.00. The molecule has 0 aliphatic rings. The molecule has 30 heavy (non-hydrogen) atoms. The third kappa shape index (κ3) is 5.55. The Kier molecular flexibility index (Phi) is 7.39. The van der Waals surface area contributed by atoms with Gasteiger partial charge >= 0.3 is 0 Å². The van der Waals surface area contributed by atoms with Gasteiger partial charge in [0.1, 0.15) is 12.4 Å². The zero-order valence-corrected chi connectivity index (χ0v) is 19.1. The van der Waals surface area contributed by atoms with E-state index in [1.807, 2.05) is 61.9 Å². The van der Waals surface area contributed by atoms with Crippen molar-refractivity contribution < 1.29 is 9.53 Å². The van der Waals surface area contributed by atoms with Crippen LogP contribution in [0, 0.1) is 13.8 Å². The first-order chi connectivity index (χ1) is 14.4. The largest absolute Gasteiger partial charge is 0.486 e. The molecule has 0 saturated heterocycles. The summed E-state index contributed by atoms with van der Waals surface area (Å²) in [5, 5.41) is 12.7. The number of nitrogens with one attached hydrogen (secondary N) is 1. The smallest absolute Gasteiger partial charge is 0.234 e. The summed E-state index contributed by atoms with van der Waals surface area (Å²) in [6, 6.07) is 11.7. The molecule has 0 fully saturated rings. The second kappa shape index (κ2) is 10.00. The number of hydrogen-bond acceptors (Lipinski definition) is 5. The van der Waals surface area contributed by atoms with Crippen molar-refractivity contribution in [3.05, 3.63) is 63.9 Å². The lowest BCUT2D eigenvalue weighted by Crippen LogP contribution is -2.14. The lowest BCUT2D eigenvalue weighted by molar-refractivity contribution is -0.113. The minimum absolute atomic E-state index is 0.0860. The molecule has 1 amide bonds. The van der Waals surface area contributed by atoms with Gasteiger partial charge in [0, 0.05) is 17.8 Å². The summed E-state index contributed by atoms with van der Waals surface area (Å²) in [4.78, 5) is 12.2. The highest BCUT2D eigenvalue weighted by Gasteiger charge is 2.13. The van der Waals surface area contributed by atoms with Crippen LogP contribution >= 0.6 is 23.4 Å². The summed E-state index contributed by atoms with van der Waals surface area (Å²) in [5.74, 6) is 1.58. The van der Waals surface area contributed by atoms with Crippen molar-refractivity contribution in [2.75, 3.05) is 11.1 Å². The topological polar surface area (TPSA) is 69.0 Å². The minimum atomic E-state index is -0.0860. The van der Waals surface area contributed by atoms with Gasteiger partial charge in [0.05, 0.1) is 5.75 Å². The second-order valence-corrected chi connectivity index (χ2v) is 8.33. The number of carbonyl (C=O) groups excluding carboxylic acids is 1. The summed E-state index contributed by atoms with van der Waals surface area (Å²) in [7, 11) is 1.86. The Labute approximate surface area is 186 Å². The molecule has 6 nitrogen and oxygen atoms in total. The van der Waals surface area contributed by atoms with Crippen molar-refractivity contribution >= 4 is 35.0 Å². The maximum atomic E-state index is 12.2. The predicted molar refractivity (Wildman–Crippen MR) is 121 cm³/mol. The molecular weight excluding hydrogens is 420 g/mol. The molecular formula is C22H25ClN4O2S. The average Bonchev–Trinajstić information content (AvgIpc) is 3.09. The molecule has 0 aliphatic carbocycles. The lowest BCUT2D eigenvalue weighted by Gasteiger charge is -2.10. The number of rotatable bonds is 8. The van der Waals surface area contributed by atoms with Crippen LogP contribution in [-0.2, 0) is 24.9 Å². The molecule has 0 bridgehead atoms. The number of thioether (sulfide) groups is 1. The molecule has 0 atom stereocenters. The molecule has 0 aliphatic heterocycles. The predicted octanol–water partition coefficient (Wildman–Crippen LogP) is 4.96. The van der Waals surface area contributed by atoms with Crippen molar-refractivity contribution in [3.8, 4) is 5.75 Å². The molecule has 8 heteroatoms. The van der Waals surface area contributed by atoms with E-state index in [1.54, 1.807) is 0 Å².